The maximum Gasteiger partial charge on any atom is 0.0932 e. The highest BCUT2D eigenvalue weighted by Crippen LogP contribution is 2.28. The van der Waals surface area contributed by atoms with Gasteiger partial charge in [0.2, 0.25) is 0 Å². The van der Waals surface area contributed by atoms with Crippen molar-refractivity contribution in [2.75, 3.05) is 32.8 Å². The van der Waals surface area contributed by atoms with Gasteiger partial charge in [0.15, 0.2) is 0 Å². The average Bonchev–Trinajstić information content (AvgIpc) is 2.34. The van der Waals surface area contributed by atoms with Crippen molar-refractivity contribution in [3.8, 4) is 0 Å². The van der Waals surface area contributed by atoms with Crippen LogP contribution >= 0.6 is 0 Å². The molecule has 0 amide bonds. The Balaban J connectivity index is 1.82. The molecule has 4 atom stereocenters. The SMILES string of the molecule is CC1CCC(N)C(CN2CCOC(CO)C2)C1. The van der Waals surface area contributed by atoms with Crippen molar-refractivity contribution in [1.82, 2.24) is 4.90 Å². The maximum atomic E-state index is 9.13. The van der Waals surface area contributed by atoms with E-state index in [2.05, 4.69) is 11.8 Å². The van der Waals surface area contributed by atoms with Crippen LogP contribution in [-0.2, 0) is 4.74 Å². The monoisotopic (exact) mass is 242 g/mol. The fourth-order valence-corrected chi connectivity index (χ4v) is 3.12. The summed E-state index contributed by atoms with van der Waals surface area (Å²) in [5, 5.41) is 9.13. The van der Waals surface area contributed by atoms with Crippen molar-refractivity contribution < 1.29 is 9.84 Å². The Kier molecular flexibility index (Phi) is 4.79. The van der Waals surface area contributed by atoms with Crippen LogP contribution in [0.15, 0.2) is 0 Å². The third-order valence-electron chi connectivity index (χ3n) is 4.22. The van der Waals surface area contributed by atoms with Crippen LogP contribution in [0.3, 0.4) is 0 Å². The molecule has 2 aliphatic rings. The standard InChI is InChI=1S/C13H26N2O2/c1-10-2-3-13(14)11(6-10)7-15-4-5-17-12(8-15)9-16/h10-13,16H,2-9,14H2,1H3. The van der Waals surface area contributed by atoms with E-state index in [1.807, 2.05) is 0 Å². The van der Waals surface area contributed by atoms with Crippen LogP contribution < -0.4 is 5.73 Å². The first kappa shape index (κ1) is 13.3. The molecular weight excluding hydrogens is 216 g/mol. The molecular formula is C13H26N2O2. The highest BCUT2D eigenvalue weighted by molar-refractivity contribution is 4.84. The van der Waals surface area contributed by atoms with Crippen LogP contribution in [0.5, 0.6) is 0 Å². The number of nitrogens with zero attached hydrogens (tertiary/aromatic N) is 1. The third kappa shape index (κ3) is 3.65. The van der Waals surface area contributed by atoms with Crippen molar-refractivity contribution in [2.24, 2.45) is 17.6 Å². The quantitative estimate of drug-likeness (QED) is 0.754. The second kappa shape index (κ2) is 6.14. The molecule has 1 aliphatic heterocycles. The van der Waals surface area contributed by atoms with Crippen LogP contribution in [0, 0.1) is 11.8 Å². The molecule has 0 aromatic rings. The zero-order chi connectivity index (χ0) is 12.3. The van der Waals surface area contributed by atoms with E-state index in [1.165, 1.54) is 19.3 Å². The summed E-state index contributed by atoms with van der Waals surface area (Å²) in [6, 6.07) is 0.363. The lowest BCUT2D eigenvalue weighted by atomic mass is 9.79. The molecule has 0 aromatic carbocycles. The second-order valence-corrected chi connectivity index (χ2v) is 5.78. The second-order valence-electron chi connectivity index (χ2n) is 5.78. The van der Waals surface area contributed by atoms with Crippen molar-refractivity contribution >= 4 is 0 Å². The van der Waals surface area contributed by atoms with Crippen molar-refractivity contribution in [1.29, 1.82) is 0 Å². The molecule has 2 rings (SSSR count). The summed E-state index contributed by atoms with van der Waals surface area (Å²) < 4.78 is 5.47. The first-order valence-corrected chi connectivity index (χ1v) is 6.89. The number of morpholine rings is 1. The summed E-state index contributed by atoms with van der Waals surface area (Å²) >= 11 is 0. The van der Waals surface area contributed by atoms with Crippen LogP contribution in [0.1, 0.15) is 26.2 Å². The lowest BCUT2D eigenvalue weighted by molar-refractivity contribution is -0.0585. The summed E-state index contributed by atoms with van der Waals surface area (Å²) in [6.45, 7) is 6.11. The van der Waals surface area contributed by atoms with E-state index in [9.17, 15) is 0 Å². The molecule has 4 unspecified atom stereocenters. The van der Waals surface area contributed by atoms with Gasteiger partial charge in [-0.3, -0.25) is 4.90 Å². The van der Waals surface area contributed by atoms with Gasteiger partial charge in [-0.15, -0.1) is 0 Å². The molecule has 4 nitrogen and oxygen atoms in total. The van der Waals surface area contributed by atoms with Crippen molar-refractivity contribution in [3.63, 3.8) is 0 Å². The molecule has 0 aromatic heterocycles. The van der Waals surface area contributed by atoms with Gasteiger partial charge in [-0.25, -0.2) is 0 Å². The molecule has 1 saturated heterocycles. The number of rotatable bonds is 3. The lowest BCUT2D eigenvalue weighted by Gasteiger charge is -2.39. The van der Waals surface area contributed by atoms with Crippen molar-refractivity contribution in [2.45, 2.75) is 38.3 Å². The van der Waals surface area contributed by atoms with Crippen LogP contribution in [0.25, 0.3) is 0 Å². The van der Waals surface area contributed by atoms with E-state index in [0.29, 0.717) is 12.0 Å². The van der Waals surface area contributed by atoms with E-state index in [4.69, 9.17) is 15.6 Å². The average molecular weight is 242 g/mol. The number of ether oxygens (including phenoxy) is 1. The van der Waals surface area contributed by atoms with Gasteiger partial charge in [0.25, 0.3) is 0 Å². The molecule has 2 fully saturated rings. The van der Waals surface area contributed by atoms with Gasteiger partial charge in [-0.2, -0.15) is 0 Å². The molecule has 4 heteroatoms. The van der Waals surface area contributed by atoms with Gasteiger partial charge < -0.3 is 15.6 Å². The minimum absolute atomic E-state index is 0.000915. The van der Waals surface area contributed by atoms with E-state index in [0.717, 1.165) is 32.2 Å². The lowest BCUT2D eigenvalue weighted by Crippen LogP contribution is -2.49. The number of hydrogen-bond donors (Lipinski definition) is 2. The summed E-state index contributed by atoms with van der Waals surface area (Å²) in [4.78, 5) is 2.41. The predicted octanol–water partition coefficient (Wildman–Crippen LogP) is 0.443. The number of hydrogen-bond acceptors (Lipinski definition) is 4. The molecule has 3 N–H and O–H groups in total. The van der Waals surface area contributed by atoms with Crippen LogP contribution in [0.4, 0.5) is 0 Å². The van der Waals surface area contributed by atoms with Crippen LogP contribution in [-0.4, -0.2) is 55.0 Å². The summed E-state index contributed by atoms with van der Waals surface area (Å²) in [5.41, 5.74) is 6.22. The molecule has 1 saturated carbocycles. The molecule has 1 heterocycles. The number of aliphatic hydroxyl groups excluding tert-OH is 1. The van der Waals surface area contributed by atoms with Gasteiger partial charge >= 0.3 is 0 Å². The minimum Gasteiger partial charge on any atom is -0.394 e. The molecule has 100 valence electrons. The molecule has 0 bridgehead atoms. The molecule has 1 aliphatic carbocycles. The number of nitrogens with two attached hydrogens (primary N) is 1. The van der Waals surface area contributed by atoms with Gasteiger partial charge in [-0.1, -0.05) is 6.92 Å². The van der Waals surface area contributed by atoms with E-state index in [-0.39, 0.29) is 12.7 Å². The van der Waals surface area contributed by atoms with Gasteiger partial charge in [0, 0.05) is 25.7 Å². The van der Waals surface area contributed by atoms with Gasteiger partial charge in [0.1, 0.15) is 0 Å². The topological polar surface area (TPSA) is 58.7 Å². The maximum absolute atomic E-state index is 9.13. The zero-order valence-corrected chi connectivity index (χ0v) is 10.8. The fourth-order valence-electron chi connectivity index (χ4n) is 3.12. The minimum atomic E-state index is 0.000915. The van der Waals surface area contributed by atoms with Gasteiger partial charge in [0.05, 0.1) is 19.3 Å². The Morgan fingerprint density at radius 3 is 3.00 bits per heavy atom. The predicted molar refractivity (Wildman–Crippen MR) is 67.7 cm³/mol. The Labute approximate surface area is 104 Å². The summed E-state index contributed by atoms with van der Waals surface area (Å²) in [6.07, 6.45) is 3.70. The number of aliphatic hydroxyl groups is 1. The third-order valence-corrected chi connectivity index (χ3v) is 4.22. The van der Waals surface area contributed by atoms with Crippen LogP contribution in [0.2, 0.25) is 0 Å². The Hall–Kier alpha value is -0.160. The molecule has 17 heavy (non-hydrogen) atoms. The summed E-state index contributed by atoms with van der Waals surface area (Å²) in [5.74, 6) is 1.44. The first-order chi connectivity index (χ1) is 8.19. The Bertz CT molecular complexity index is 237. The smallest absolute Gasteiger partial charge is 0.0932 e. The molecule has 0 radical (unpaired) electrons. The van der Waals surface area contributed by atoms with Crippen molar-refractivity contribution in [3.05, 3.63) is 0 Å². The van der Waals surface area contributed by atoms with E-state index in [1.54, 1.807) is 0 Å². The van der Waals surface area contributed by atoms with E-state index < -0.39 is 0 Å². The summed E-state index contributed by atoms with van der Waals surface area (Å²) in [7, 11) is 0. The largest absolute Gasteiger partial charge is 0.394 e. The van der Waals surface area contributed by atoms with Gasteiger partial charge in [-0.05, 0) is 31.1 Å². The molecule has 0 spiro atoms. The van der Waals surface area contributed by atoms with E-state index >= 15 is 0 Å². The Morgan fingerprint density at radius 1 is 1.41 bits per heavy atom. The fraction of sp³-hybridized carbons (Fsp3) is 1.00. The zero-order valence-electron chi connectivity index (χ0n) is 10.8. The first-order valence-electron chi connectivity index (χ1n) is 6.89. The highest BCUT2D eigenvalue weighted by Gasteiger charge is 2.29. The Morgan fingerprint density at radius 2 is 2.24 bits per heavy atom. The normalized spacial score (nSPS) is 40.4. The highest BCUT2D eigenvalue weighted by atomic mass is 16.5.